The Hall–Kier alpha value is -4.83. The van der Waals surface area contributed by atoms with Crippen LogP contribution < -0.4 is 19.1 Å². The summed E-state index contributed by atoms with van der Waals surface area (Å²) in [5.74, 6) is 0.272. The number of hydrogen-bond donors (Lipinski definition) is 1. The Labute approximate surface area is 278 Å². The maximum Gasteiger partial charge on any atom is 0.264 e. The number of sulfonamides is 1. The number of rotatable bonds is 15. The molecule has 0 bridgehead atoms. The first kappa shape index (κ1) is 35.0. The third-order valence-electron chi connectivity index (χ3n) is 8.01. The third kappa shape index (κ3) is 9.13. The van der Waals surface area contributed by atoms with Crippen molar-refractivity contribution in [1.82, 2.24) is 10.2 Å². The van der Waals surface area contributed by atoms with Gasteiger partial charge >= 0.3 is 0 Å². The quantitative estimate of drug-likeness (QED) is 0.174. The van der Waals surface area contributed by atoms with Crippen LogP contribution in [0.1, 0.15) is 37.0 Å². The number of benzene rings is 4. The van der Waals surface area contributed by atoms with E-state index >= 15 is 0 Å². The van der Waals surface area contributed by atoms with Crippen molar-refractivity contribution >= 4 is 27.5 Å². The second-order valence-corrected chi connectivity index (χ2v) is 13.3. The molecule has 2 atom stereocenters. The van der Waals surface area contributed by atoms with E-state index in [0.29, 0.717) is 17.9 Å². The van der Waals surface area contributed by atoms with Crippen LogP contribution in [-0.2, 0) is 32.6 Å². The van der Waals surface area contributed by atoms with Crippen LogP contribution in [0.3, 0.4) is 0 Å². The molecule has 9 nitrogen and oxygen atoms in total. The van der Waals surface area contributed by atoms with Crippen LogP contribution in [0.25, 0.3) is 0 Å². The van der Waals surface area contributed by atoms with Gasteiger partial charge in [-0.1, -0.05) is 67.1 Å². The van der Waals surface area contributed by atoms with Crippen LogP contribution in [0.2, 0.25) is 0 Å². The largest absolute Gasteiger partial charge is 0.497 e. The summed E-state index contributed by atoms with van der Waals surface area (Å²) >= 11 is 0. The number of anilines is 1. The van der Waals surface area contributed by atoms with Gasteiger partial charge in [0.25, 0.3) is 10.0 Å². The monoisotopic (exact) mass is 657 g/mol. The van der Waals surface area contributed by atoms with Crippen LogP contribution in [0, 0.1) is 6.92 Å². The molecule has 248 valence electrons. The minimum absolute atomic E-state index is 0.0430. The van der Waals surface area contributed by atoms with Crippen LogP contribution >= 0.6 is 0 Å². The number of aryl methyl sites for hydroxylation is 1. The van der Waals surface area contributed by atoms with Gasteiger partial charge in [0.05, 0.1) is 24.8 Å². The molecule has 0 aliphatic rings. The molecule has 47 heavy (non-hydrogen) atoms. The van der Waals surface area contributed by atoms with Crippen molar-refractivity contribution in [2.24, 2.45) is 0 Å². The summed E-state index contributed by atoms with van der Waals surface area (Å²) in [5, 5.41) is 3.05. The van der Waals surface area contributed by atoms with Gasteiger partial charge in [-0.05, 0) is 79.9 Å². The number of methoxy groups -OCH3 is 2. The highest BCUT2D eigenvalue weighted by Gasteiger charge is 2.35. The van der Waals surface area contributed by atoms with E-state index in [1.165, 1.54) is 24.1 Å². The first-order valence-corrected chi connectivity index (χ1v) is 17.0. The second kappa shape index (κ2) is 16.1. The van der Waals surface area contributed by atoms with Gasteiger partial charge in [-0.2, -0.15) is 0 Å². The molecule has 0 aliphatic heterocycles. The average Bonchev–Trinajstić information content (AvgIpc) is 3.09. The van der Waals surface area contributed by atoms with Gasteiger partial charge < -0.3 is 19.7 Å². The minimum Gasteiger partial charge on any atom is -0.497 e. The molecular formula is C37H43N3O6S. The highest BCUT2D eigenvalue weighted by Crippen LogP contribution is 2.27. The van der Waals surface area contributed by atoms with Gasteiger partial charge in [-0.15, -0.1) is 0 Å². The standard InChI is InChI=1S/C37H43N3O6S/c1-6-28(3)38-37(42)35(24-29-11-8-7-9-12-29)39(25-30-13-10-14-33(23-30)46-5)36(41)26-40(31-17-19-32(45-4)20-18-31)47(43,44)34-21-15-27(2)16-22-34/h7-23,28,35H,6,24-26H2,1-5H3,(H,38,42). The molecule has 0 radical (unpaired) electrons. The van der Waals surface area contributed by atoms with Crippen LogP contribution in [0.4, 0.5) is 5.69 Å². The van der Waals surface area contributed by atoms with E-state index in [9.17, 15) is 18.0 Å². The van der Waals surface area contributed by atoms with E-state index < -0.39 is 28.5 Å². The lowest BCUT2D eigenvalue weighted by Crippen LogP contribution is -2.54. The van der Waals surface area contributed by atoms with Crippen LogP contribution in [0.15, 0.2) is 108 Å². The predicted octanol–water partition coefficient (Wildman–Crippen LogP) is 5.76. The first-order chi connectivity index (χ1) is 22.5. The molecule has 1 N–H and O–H groups in total. The number of amides is 2. The van der Waals surface area contributed by atoms with E-state index in [-0.39, 0.29) is 35.5 Å². The summed E-state index contributed by atoms with van der Waals surface area (Å²) in [6.45, 7) is 5.25. The fourth-order valence-corrected chi connectivity index (χ4v) is 6.49. The third-order valence-corrected chi connectivity index (χ3v) is 9.80. The van der Waals surface area contributed by atoms with Crippen molar-refractivity contribution in [3.8, 4) is 11.5 Å². The predicted molar refractivity (Wildman–Crippen MR) is 184 cm³/mol. The molecule has 0 heterocycles. The molecular weight excluding hydrogens is 614 g/mol. The summed E-state index contributed by atoms with van der Waals surface area (Å²) in [4.78, 5) is 30.1. The zero-order valence-electron chi connectivity index (χ0n) is 27.6. The fourth-order valence-electron chi connectivity index (χ4n) is 5.08. The van der Waals surface area contributed by atoms with E-state index in [1.54, 1.807) is 55.6 Å². The van der Waals surface area contributed by atoms with Crippen molar-refractivity contribution in [1.29, 1.82) is 0 Å². The summed E-state index contributed by atoms with van der Waals surface area (Å²) in [5.41, 5.74) is 2.77. The highest BCUT2D eigenvalue weighted by atomic mass is 32.2. The normalized spacial score (nSPS) is 12.4. The number of hydrogen-bond acceptors (Lipinski definition) is 6. The Morgan fingerprint density at radius 1 is 0.809 bits per heavy atom. The van der Waals surface area contributed by atoms with E-state index in [4.69, 9.17) is 9.47 Å². The maximum absolute atomic E-state index is 14.6. The Kier molecular flexibility index (Phi) is 12.0. The van der Waals surface area contributed by atoms with E-state index in [0.717, 1.165) is 21.0 Å². The summed E-state index contributed by atoms with van der Waals surface area (Å²) in [6.07, 6.45) is 0.930. The van der Waals surface area contributed by atoms with Gasteiger partial charge in [0.2, 0.25) is 11.8 Å². The molecule has 0 saturated carbocycles. The number of nitrogens with zero attached hydrogens (tertiary/aromatic N) is 2. The summed E-state index contributed by atoms with van der Waals surface area (Å²) in [7, 11) is -1.13. The Balaban J connectivity index is 1.82. The van der Waals surface area contributed by atoms with Gasteiger partial charge in [0.15, 0.2) is 0 Å². The van der Waals surface area contributed by atoms with Crippen molar-refractivity contribution < 1.29 is 27.5 Å². The number of carbonyl (C=O) groups excluding carboxylic acids is 2. The Bertz CT molecular complexity index is 1730. The van der Waals surface area contributed by atoms with E-state index in [2.05, 4.69) is 5.32 Å². The molecule has 10 heteroatoms. The zero-order valence-corrected chi connectivity index (χ0v) is 28.4. The van der Waals surface area contributed by atoms with Gasteiger partial charge in [0, 0.05) is 19.0 Å². The van der Waals surface area contributed by atoms with Crippen molar-refractivity contribution in [2.45, 2.75) is 57.1 Å². The Morgan fingerprint density at radius 2 is 1.45 bits per heavy atom. The molecule has 0 fully saturated rings. The topological polar surface area (TPSA) is 105 Å². The molecule has 2 amide bonds. The smallest absolute Gasteiger partial charge is 0.264 e. The number of nitrogens with one attached hydrogen (secondary N) is 1. The summed E-state index contributed by atoms with van der Waals surface area (Å²) < 4.78 is 40.2. The lowest BCUT2D eigenvalue weighted by Gasteiger charge is -2.34. The fraction of sp³-hybridized carbons (Fsp3) is 0.297. The Morgan fingerprint density at radius 3 is 2.06 bits per heavy atom. The van der Waals surface area contributed by atoms with Crippen molar-refractivity contribution in [2.75, 3.05) is 25.1 Å². The number of ether oxygens (including phenoxy) is 2. The molecule has 0 spiro atoms. The van der Waals surface area contributed by atoms with Gasteiger partial charge in [0.1, 0.15) is 24.1 Å². The number of carbonyl (C=O) groups is 2. The maximum atomic E-state index is 14.6. The van der Waals surface area contributed by atoms with Gasteiger partial charge in [-0.25, -0.2) is 8.42 Å². The summed E-state index contributed by atoms with van der Waals surface area (Å²) in [6, 6.07) is 28.6. The van der Waals surface area contributed by atoms with Gasteiger partial charge in [-0.3, -0.25) is 13.9 Å². The lowest BCUT2D eigenvalue weighted by molar-refractivity contribution is -0.140. The molecule has 4 aromatic carbocycles. The minimum atomic E-state index is -4.21. The molecule has 0 aliphatic carbocycles. The second-order valence-electron chi connectivity index (χ2n) is 11.4. The van der Waals surface area contributed by atoms with E-state index in [1.807, 2.05) is 63.2 Å². The highest BCUT2D eigenvalue weighted by molar-refractivity contribution is 7.92. The molecule has 0 saturated heterocycles. The van der Waals surface area contributed by atoms with Crippen LogP contribution in [-0.4, -0.2) is 58.0 Å². The molecule has 4 aromatic rings. The first-order valence-electron chi connectivity index (χ1n) is 15.6. The SMILES string of the molecule is CCC(C)NC(=O)C(Cc1ccccc1)N(Cc1cccc(OC)c1)C(=O)CN(c1ccc(OC)cc1)S(=O)(=O)c1ccc(C)cc1. The van der Waals surface area contributed by atoms with Crippen LogP contribution in [0.5, 0.6) is 11.5 Å². The molecule has 4 rings (SSSR count). The van der Waals surface area contributed by atoms with Crippen molar-refractivity contribution in [3.05, 3.63) is 120 Å². The lowest BCUT2D eigenvalue weighted by atomic mass is 10.0. The zero-order chi connectivity index (χ0) is 34.0. The molecule has 0 aromatic heterocycles. The average molecular weight is 658 g/mol. The van der Waals surface area contributed by atoms with Crippen molar-refractivity contribution in [3.63, 3.8) is 0 Å². The molecule has 2 unspecified atom stereocenters.